The van der Waals surface area contributed by atoms with Gasteiger partial charge in [-0.1, -0.05) is 42.5 Å². The lowest BCUT2D eigenvalue weighted by molar-refractivity contribution is -0.138. The maximum atomic E-state index is 10.7. The van der Waals surface area contributed by atoms with Crippen molar-refractivity contribution in [2.75, 3.05) is 19.6 Å². The molecule has 102 valence electrons. The maximum Gasteiger partial charge on any atom is 0.303 e. The van der Waals surface area contributed by atoms with Crippen LogP contribution in [0.2, 0.25) is 0 Å². The van der Waals surface area contributed by atoms with Crippen LogP contribution < -0.4 is 0 Å². The van der Waals surface area contributed by atoms with Crippen LogP contribution >= 0.6 is 0 Å². The highest BCUT2D eigenvalue weighted by Gasteiger charge is 2.20. The average Bonchev–Trinajstić information content (AvgIpc) is 2.40. The Balaban J connectivity index is 1.79. The minimum Gasteiger partial charge on any atom is -0.481 e. The van der Waals surface area contributed by atoms with Gasteiger partial charge in [-0.3, -0.25) is 9.69 Å². The van der Waals surface area contributed by atoms with Crippen LogP contribution in [0.25, 0.3) is 6.08 Å². The van der Waals surface area contributed by atoms with Gasteiger partial charge in [-0.15, -0.1) is 0 Å². The molecule has 0 bridgehead atoms. The number of carbonyl (C=O) groups is 1. The lowest BCUT2D eigenvalue weighted by atomic mass is 9.95. The number of aliphatic carboxylic acids is 1. The van der Waals surface area contributed by atoms with E-state index in [1.165, 1.54) is 5.56 Å². The van der Waals surface area contributed by atoms with E-state index in [4.69, 9.17) is 5.11 Å². The molecule has 1 heterocycles. The number of carboxylic acids is 1. The van der Waals surface area contributed by atoms with Crippen LogP contribution in [0.1, 0.15) is 24.8 Å². The van der Waals surface area contributed by atoms with Crippen molar-refractivity contribution in [2.45, 2.75) is 19.3 Å². The summed E-state index contributed by atoms with van der Waals surface area (Å²) in [5, 5.41) is 8.84. The first-order valence-corrected chi connectivity index (χ1v) is 6.90. The second-order valence-electron chi connectivity index (χ2n) is 5.18. The Bertz CT molecular complexity index is 428. The number of nitrogens with zero attached hydrogens (tertiary/aromatic N) is 1. The van der Waals surface area contributed by atoms with Gasteiger partial charge in [0.05, 0.1) is 0 Å². The lowest BCUT2D eigenvalue weighted by Gasteiger charge is -2.31. The predicted octanol–water partition coefficient (Wildman–Crippen LogP) is 2.89. The normalized spacial score (nSPS) is 20.7. The number of rotatable bonds is 5. The monoisotopic (exact) mass is 259 g/mol. The molecule has 0 saturated carbocycles. The summed E-state index contributed by atoms with van der Waals surface area (Å²) in [6.07, 6.45) is 6.75. The van der Waals surface area contributed by atoms with Gasteiger partial charge < -0.3 is 5.11 Å². The Morgan fingerprint density at radius 3 is 2.89 bits per heavy atom. The molecular weight excluding hydrogens is 238 g/mol. The first kappa shape index (κ1) is 13.8. The van der Waals surface area contributed by atoms with Crippen LogP contribution in [0.3, 0.4) is 0 Å². The average molecular weight is 259 g/mol. The van der Waals surface area contributed by atoms with Crippen molar-refractivity contribution >= 4 is 12.0 Å². The van der Waals surface area contributed by atoms with Crippen molar-refractivity contribution in [3.63, 3.8) is 0 Å². The lowest BCUT2D eigenvalue weighted by Crippen LogP contribution is -2.36. The molecule has 0 aromatic heterocycles. The third-order valence-corrected chi connectivity index (χ3v) is 3.54. The van der Waals surface area contributed by atoms with Crippen molar-refractivity contribution < 1.29 is 9.90 Å². The minimum absolute atomic E-state index is 0.304. The molecule has 1 fully saturated rings. The fourth-order valence-electron chi connectivity index (χ4n) is 2.63. The highest BCUT2D eigenvalue weighted by atomic mass is 16.4. The molecule has 1 aliphatic heterocycles. The Morgan fingerprint density at radius 2 is 2.16 bits per heavy atom. The number of carboxylic acid groups (broad SMARTS) is 1. The number of benzene rings is 1. The molecule has 0 amide bonds. The fraction of sp³-hybridized carbons (Fsp3) is 0.438. The SMILES string of the molecule is O=C(O)CC1CCCN(CC=Cc2ccccc2)C1. The number of hydrogen-bond acceptors (Lipinski definition) is 2. The summed E-state index contributed by atoms with van der Waals surface area (Å²) in [4.78, 5) is 13.1. The molecule has 1 aromatic rings. The zero-order valence-corrected chi connectivity index (χ0v) is 11.2. The fourth-order valence-corrected chi connectivity index (χ4v) is 2.63. The molecule has 1 N–H and O–H groups in total. The standard InChI is InChI=1S/C16H21NO2/c18-16(19)12-15-9-5-11-17(13-15)10-4-8-14-6-2-1-3-7-14/h1-4,6-8,15H,5,9-13H2,(H,18,19). The molecule has 0 aliphatic carbocycles. The molecule has 0 spiro atoms. The Labute approximate surface area is 114 Å². The molecule has 1 atom stereocenters. The minimum atomic E-state index is -0.674. The third kappa shape index (κ3) is 4.87. The van der Waals surface area contributed by atoms with Gasteiger partial charge in [0.25, 0.3) is 0 Å². The molecular formula is C16H21NO2. The van der Waals surface area contributed by atoms with Crippen LogP contribution in [0.4, 0.5) is 0 Å². The summed E-state index contributed by atoms with van der Waals surface area (Å²) >= 11 is 0. The molecule has 3 heteroatoms. The number of hydrogen-bond donors (Lipinski definition) is 1. The predicted molar refractivity (Wildman–Crippen MR) is 76.9 cm³/mol. The summed E-state index contributed by atoms with van der Waals surface area (Å²) in [6.45, 7) is 2.89. The van der Waals surface area contributed by atoms with Crippen molar-refractivity contribution in [3.8, 4) is 0 Å². The van der Waals surface area contributed by atoms with Crippen LogP contribution in [0.5, 0.6) is 0 Å². The second kappa shape index (κ2) is 7.10. The van der Waals surface area contributed by atoms with E-state index >= 15 is 0 Å². The molecule has 19 heavy (non-hydrogen) atoms. The Hall–Kier alpha value is -1.61. The zero-order chi connectivity index (χ0) is 13.5. The summed E-state index contributed by atoms with van der Waals surface area (Å²) in [5.74, 6) is -0.358. The first-order valence-electron chi connectivity index (χ1n) is 6.90. The van der Waals surface area contributed by atoms with E-state index in [2.05, 4.69) is 29.2 Å². The summed E-state index contributed by atoms with van der Waals surface area (Å²) in [5.41, 5.74) is 1.21. The van der Waals surface area contributed by atoms with Crippen molar-refractivity contribution in [1.29, 1.82) is 0 Å². The number of piperidine rings is 1. The van der Waals surface area contributed by atoms with Gasteiger partial charge in [0, 0.05) is 19.5 Å². The molecule has 0 radical (unpaired) electrons. The molecule has 2 rings (SSSR count). The smallest absolute Gasteiger partial charge is 0.303 e. The highest BCUT2D eigenvalue weighted by molar-refractivity contribution is 5.67. The second-order valence-corrected chi connectivity index (χ2v) is 5.18. The van der Waals surface area contributed by atoms with Gasteiger partial charge in [0.2, 0.25) is 0 Å². The topological polar surface area (TPSA) is 40.5 Å². The van der Waals surface area contributed by atoms with Crippen molar-refractivity contribution in [2.24, 2.45) is 5.92 Å². The highest BCUT2D eigenvalue weighted by Crippen LogP contribution is 2.19. The van der Waals surface area contributed by atoms with Gasteiger partial charge in [0.15, 0.2) is 0 Å². The van der Waals surface area contributed by atoms with E-state index in [-0.39, 0.29) is 0 Å². The van der Waals surface area contributed by atoms with E-state index in [0.29, 0.717) is 12.3 Å². The van der Waals surface area contributed by atoms with Gasteiger partial charge in [0.1, 0.15) is 0 Å². The maximum absolute atomic E-state index is 10.7. The van der Waals surface area contributed by atoms with Gasteiger partial charge >= 0.3 is 5.97 Å². The van der Waals surface area contributed by atoms with E-state index in [1.54, 1.807) is 0 Å². The van der Waals surface area contributed by atoms with Crippen LogP contribution in [-0.4, -0.2) is 35.6 Å². The van der Waals surface area contributed by atoms with E-state index in [0.717, 1.165) is 32.5 Å². The number of likely N-dealkylation sites (tertiary alicyclic amines) is 1. The largest absolute Gasteiger partial charge is 0.481 e. The summed E-state index contributed by atoms with van der Waals surface area (Å²) < 4.78 is 0. The summed E-state index contributed by atoms with van der Waals surface area (Å²) in [7, 11) is 0. The molecule has 1 saturated heterocycles. The molecule has 1 unspecified atom stereocenters. The molecule has 1 aliphatic rings. The van der Waals surface area contributed by atoms with E-state index < -0.39 is 5.97 Å². The van der Waals surface area contributed by atoms with Crippen molar-refractivity contribution in [3.05, 3.63) is 42.0 Å². The Morgan fingerprint density at radius 1 is 1.37 bits per heavy atom. The quantitative estimate of drug-likeness (QED) is 0.884. The van der Waals surface area contributed by atoms with Crippen LogP contribution in [-0.2, 0) is 4.79 Å². The Kier molecular flexibility index (Phi) is 5.16. The summed E-state index contributed by atoms with van der Waals surface area (Å²) in [6, 6.07) is 10.2. The van der Waals surface area contributed by atoms with Gasteiger partial charge in [-0.05, 0) is 30.9 Å². The molecule has 1 aromatic carbocycles. The van der Waals surface area contributed by atoms with Gasteiger partial charge in [-0.2, -0.15) is 0 Å². The van der Waals surface area contributed by atoms with E-state index in [9.17, 15) is 4.79 Å². The van der Waals surface area contributed by atoms with Crippen molar-refractivity contribution in [1.82, 2.24) is 4.90 Å². The van der Waals surface area contributed by atoms with Gasteiger partial charge in [-0.25, -0.2) is 0 Å². The van der Waals surface area contributed by atoms with E-state index in [1.807, 2.05) is 18.2 Å². The third-order valence-electron chi connectivity index (χ3n) is 3.54. The van der Waals surface area contributed by atoms with Crippen LogP contribution in [0.15, 0.2) is 36.4 Å². The molecule has 3 nitrogen and oxygen atoms in total. The van der Waals surface area contributed by atoms with Crippen LogP contribution in [0, 0.1) is 5.92 Å². The zero-order valence-electron chi connectivity index (χ0n) is 11.2. The first-order chi connectivity index (χ1) is 9.24.